The molecule has 206 valence electrons. The monoisotopic (exact) mass is 521 g/mol. The quantitative estimate of drug-likeness (QED) is 0.406. The van der Waals surface area contributed by atoms with Gasteiger partial charge in [-0.15, -0.1) is 0 Å². The molecule has 10 heteroatoms. The van der Waals surface area contributed by atoms with Crippen LogP contribution in [0, 0.1) is 10.8 Å². The Morgan fingerprint density at radius 3 is 1.97 bits per heavy atom. The van der Waals surface area contributed by atoms with Crippen molar-refractivity contribution in [2.75, 3.05) is 6.61 Å². The summed E-state index contributed by atoms with van der Waals surface area (Å²) in [4.78, 5) is 49.6. The smallest absolute Gasteiger partial charge is 0.311 e. The molecular formula is C27H39NO9. The third-order valence-electron chi connectivity index (χ3n) is 5.42. The van der Waals surface area contributed by atoms with Crippen LogP contribution in [-0.4, -0.2) is 61.1 Å². The highest BCUT2D eigenvalue weighted by atomic mass is 16.7. The van der Waals surface area contributed by atoms with E-state index in [0.29, 0.717) is 0 Å². The fraction of sp³-hybridized carbons (Fsp3) is 0.630. The molecule has 0 aromatic heterocycles. The normalized spacial score (nSPS) is 24.1. The third kappa shape index (κ3) is 9.12. The average Bonchev–Trinajstić information content (AvgIpc) is 2.78. The first-order valence-electron chi connectivity index (χ1n) is 12.2. The molecule has 1 aliphatic rings. The molecule has 1 aromatic rings. The molecule has 1 saturated heterocycles. The predicted molar refractivity (Wildman–Crippen MR) is 133 cm³/mol. The van der Waals surface area contributed by atoms with E-state index in [9.17, 15) is 19.2 Å². The van der Waals surface area contributed by atoms with Gasteiger partial charge >= 0.3 is 17.9 Å². The van der Waals surface area contributed by atoms with E-state index < -0.39 is 65.3 Å². The summed E-state index contributed by atoms with van der Waals surface area (Å²) in [6.45, 7) is 12.5. The molecule has 0 aliphatic carbocycles. The lowest BCUT2D eigenvalue weighted by Gasteiger charge is -2.45. The van der Waals surface area contributed by atoms with E-state index in [2.05, 4.69) is 5.32 Å². The van der Waals surface area contributed by atoms with Gasteiger partial charge in [0.05, 0.1) is 17.4 Å². The minimum atomic E-state index is -1.19. The van der Waals surface area contributed by atoms with Crippen LogP contribution < -0.4 is 5.32 Å². The van der Waals surface area contributed by atoms with Crippen LogP contribution in [0.15, 0.2) is 30.3 Å². The molecular weight excluding hydrogens is 482 g/mol. The first-order chi connectivity index (χ1) is 17.1. The Labute approximate surface area is 218 Å². The Balaban J connectivity index is 2.46. The van der Waals surface area contributed by atoms with E-state index in [1.165, 1.54) is 13.8 Å². The first-order valence-corrected chi connectivity index (χ1v) is 12.2. The molecule has 0 radical (unpaired) electrons. The predicted octanol–water partition coefficient (Wildman–Crippen LogP) is 2.91. The Kier molecular flexibility index (Phi) is 10.2. The molecule has 10 nitrogen and oxygen atoms in total. The number of hydrogen-bond acceptors (Lipinski definition) is 9. The van der Waals surface area contributed by atoms with Gasteiger partial charge in [-0.2, -0.15) is 0 Å². The minimum absolute atomic E-state index is 0.119. The fourth-order valence-electron chi connectivity index (χ4n) is 3.47. The summed E-state index contributed by atoms with van der Waals surface area (Å²) >= 11 is 0. The lowest BCUT2D eigenvalue weighted by atomic mass is 9.93. The lowest BCUT2D eigenvalue weighted by Crippen LogP contribution is -2.67. The molecule has 0 unspecified atom stereocenters. The number of nitrogens with one attached hydrogen (secondary N) is 1. The van der Waals surface area contributed by atoms with E-state index in [4.69, 9.17) is 23.7 Å². The maximum Gasteiger partial charge on any atom is 0.311 e. The molecule has 1 amide bonds. The number of carbonyl (C=O) groups is 4. The lowest BCUT2D eigenvalue weighted by molar-refractivity contribution is -0.282. The van der Waals surface area contributed by atoms with Crippen molar-refractivity contribution in [2.24, 2.45) is 10.8 Å². The topological polar surface area (TPSA) is 126 Å². The van der Waals surface area contributed by atoms with Crippen molar-refractivity contribution in [1.82, 2.24) is 5.32 Å². The highest BCUT2D eigenvalue weighted by Gasteiger charge is 2.52. The number of carbonyl (C=O) groups excluding carboxylic acids is 4. The van der Waals surface area contributed by atoms with Crippen LogP contribution in [0.4, 0.5) is 0 Å². The van der Waals surface area contributed by atoms with Gasteiger partial charge in [-0.1, -0.05) is 30.3 Å². The average molecular weight is 522 g/mol. The van der Waals surface area contributed by atoms with Crippen LogP contribution in [0.5, 0.6) is 0 Å². The first kappa shape index (κ1) is 30.2. The summed E-state index contributed by atoms with van der Waals surface area (Å²) in [7, 11) is 0. The number of rotatable bonds is 8. The maximum atomic E-state index is 12.9. The van der Waals surface area contributed by atoms with Crippen molar-refractivity contribution in [2.45, 2.75) is 92.6 Å². The van der Waals surface area contributed by atoms with Crippen molar-refractivity contribution in [1.29, 1.82) is 0 Å². The summed E-state index contributed by atoms with van der Waals surface area (Å²) in [5.41, 5.74) is -0.839. The molecule has 0 spiro atoms. The molecule has 5 atom stereocenters. The molecule has 2 rings (SSSR count). The zero-order chi connectivity index (χ0) is 28.0. The van der Waals surface area contributed by atoms with Gasteiger partial charge in [0.25, 0.3) is 0 Å². The van der Waals surface area contributed by atoms with Crippen LogP contribution >= 0.6 is 0 Å². The molecule has 1 heterocycles. The number of hydrogen-bond donors (Lipinski definition) is 1. The van der Waals surface area contributed by atoms with Gasteiger partial charge in [-0.25, -0.2) is 0 Å². The Morgan fingerprint density at radius 1 is 0.865 bits per heavy atom. The molecule has 1 fully saturated rings. The Morgan fingerprint density at radius 2 is 1.46 bits per heavy atom. The SMILES string of the molecule is CC(=O)N[C@@H]1[C@H](OCc2ccccc2)O[C@H](COC(=O)C(C)(C)C)[C@@H](OC(C)=O)[C@@H]1OC(=O)C(C)(C)C. The van der Waals surface area contributed by atoms with Crippen LogP contribution in [0.25, 0.3) is 0 Å². The standard InChI is InChI=1S/C27H39NO9/c1-16(29)28-20-22(37-25(32)27(6,7)8)21(35-17(2)30)19(15-34-24(31)26(3,4)5)36-23(20)33-14-18-12-10-9-11-13-18/h9-13,19-23H,14-15H2,1-8H3,(H,28,29)/t19-,20+,21-,22-,23-/m1/s1. The van der Waals surface area contributed by atoms with E-state index in [0.717, 1.165) is 5.56 Å². The Hall–Kier alpha value is -2.98. The second-order valence-electron chi connectivity index (χ2n) is 11.1. The number of benzene rings is 1. The fourth-order valence-corrected chi connectivity index (χ4v) is 3.47. The molecule has 1 N–H and O–H groups in total. The van der Waals surface area contributed by atoms with Gasteiger partial charge in [-0.3, -0.25) is 19.2 Å². The summed E-state index contributed by atoms with van der Waals surface area (Å²) in [6.07, 6.45) is -4.54. The molecule has 37 heavy (non-hydrogen) atoms. The van der Waals surface area contributed by atoms with Crippen LogP contribution in [0.3, 0.4) is 0 Å². The number of esters is 3. The zero-order valence-corrected chi connectivity index (χ0v) is 22.9. The van der Waals surface area contributed by atoms with Crippen molar-refractivity contribution in [3.05, 3.63) is 35.9 Å². The zero-order valence-electron chi connectivity index (χ0n) is 22.9. The van der Waals surface area contributed by atoms with Crippen molar-refractivity contribution in [3.63, 3.8) is 0 Å². The van der Waals surface area contributed by atoms with E-state index in [1.807, 2.05) is 30.3 Å². The molecule has 0 bridgehead atoms. The van der Waals surface area contributed by atoms with Gasteiger partial charge in [0, 0.05) is 13.8 Å². The summed E-state index contributed by atoms with van der Waals surface area (Å²) in [5, 5.41) is 2.72. The van der Waals surface area contributed by atoms with E-state index in [-0.39, 0.29) is 13.2 Å². The van der Waals surface area contributed by atoms with Gasteiger partial charge in [0.1, 0.15) is 18.8 Å². The van der Waals surface area contributed by atoms with Crippen molar-refractivity contribution >= 4 is 23.8 Å². The van der Waals surface area contributed by atoms with Gasteiger partial charge in [0.2, 0.25) is 5.91 Å². The van der Waals surface area contributed by atoms with Gasteiger partial charge in [-0.05, 0) is 47.1 Å². The third-order valence-corrected chi connectivity index (χ3v) is 5.42. The van der Waals surface area contributed by atoms with E-state index in [1.54, 1.807) is 41.5 Å². The highest BCUT2D eigenvalue weighted by Crippen LogP contribution is 2.31. The van der Waals surface area contributed by atoms with Crippen LogP contribution in [0.2, 0.25) is 0 Å². The van der Waals surface area contributed by atoms with Crippen molar-refractivity contribution < 1.29 is 42.9 Å². The van der Waals surface area contributed by atoms with Gasteiger partial charge in [0.15, 0.2) is 18.5 Å². The van der Waals surface area contributed by atoms with Crippen LogP contribution in [0.1, 0.15) is 61.0 Å². The summed E-state index contributed by atoms with van der Waals surface area (Å²) < 4.78 is 29.0. The second kappa shape index (κ2) is 12.5. The van der Waals surface area contributed by atoms with Crippen LogP contribution in [-0.2, 0) is 49.5 Å². The largest absolute Gasteiger partial charge is 0.462 e. The molecule has 1 aliphatic heterocycles. The second-order valence-corrected chi connectivity index (χ2v) is 11.1. The highest BCUT2D eigenvalue weighted by molar-refractivity contribution is 5.76. The Bertz CT molecular complexity index is 949. The maximum absolute atomic E-state index is 12.9. The number of ether oxygens (including phenoxy) is 5. The summed E-state index contributed by atoms with van der Waals surface area (Å²) in [6, 6.07) is 8.27. The molecule has 1 aromatic carbocycles. The van der Waals surface area contributed by atoms with Gasteiger partial charge < -0.3 is 29.0 Å². The van der Waals surface area contributed by atoms with E-state index >= 15 is 0 Å². The minimum Gasteiger partial charge on any atom is -0.462 e. The molecule has 0 saturated carbocycles. The van der Waals surface area contributed by atoms with Crippen molar-refractivity contribution in [3.8, 4) is 0 Å². The summed E-state index contributed by atoms with van der Waals surface area (Å²) in [5.74, 6) is -2.17. The number of amides is 1.